The summed E-state index contributed by atoms with van der Waals surface area (Å²) < 4.78 is 48.9. The Morgan fingerprint density at radius 3 is 1.55 bits per heavy atom. The lowest BCUT2D eigenvalue weighted by Gasteiger charge is -2.29. The Hall–Kier alpha value is -3.19. The lowest BCUT2D eigenvalue weighted by Crippen LogP contribution is -3.00. The minimum atomic E-state index is -0.729. The molecule has 4 amide bonds. The van der Waals surface area contributed by atoms with Crippen molar-refractivity contribution in [3.63, 3.8) is 0 Å². The van der Waals surface area contributed by atoms with Crippen molar-refractivity contribution in [1.29, 1.82) is 0 Å². The van der Waals surface area contributed by atoms with Gasteiger partial charge in [0.2, 0.25) is 11.8 Å². The molecule has 0 aliphatic carbocycles. The predicted octanol–water partition coefficient (Wildman–Crippen LogP) is 3.34. The van der Waals surface area contributed by atoms with Crippen LogP contribution in [0.2, 0.25) is 0 Å². The number of halogens is 3. The predicted molar refractivity (Wildman–Crippen MR) is 213 cm³/mol. The first-order chi connectivity index (χ1) is 25.7. The van der Waals surface area contributed by atoms with Crippen LogP contribution in [0, 0.1) is 11.6 Å². The zero-order valence-electron chi connectivity index (χ0n) is 33.6. The quantitative estimate of drug-likeness (QED) is 0.186. The Bertz CT molecular complexity index is 1630. The second-order valence-electron chi connectivity index (χ2n) is 15.4. The molecule has 2 aliphatic rings. The lowest BCUT2D eigenvalue weighted by atomic mass is 9.99. The van der Waals surface area contributed by atoms with Gasteiger partial charge >= 0.3 is 12.2 Å². The van der Waals surface area contributed by atoms with Crippen LogP contribution in [0.25, 0.3) is 0 Å². The molecule has 4 rings (SSSR count). The van der Waals surface area contributed by atoms with Crippen LogP contribution in [0.3, 0.4) is 0 Å². The number of rotatable bonds is 12. The van der Waals surface area contributed by atoms with E-state index < -0.39 is 35.5 Å². The molecule has 4 atom stereocenters. The van der Waals surface area contributed by atoms with Gasteiger partial charge in [-0.1, -0.05) is 0 Å². The molecule has 17 heteroatoms. The minimum Gasteiger partial charge on any atom is -1.00 e. The van der Waals surface area contributed by atoms with Gasteiger partial charge in [0, 0.05) is 30.4 Å². The van der Waals surface area contributed by atoms with E-state index in [1.54, 1.807) is 65.4 Å². The zero-order chi connectivity index (χ0) is 40.9. The van der Waals surface area contributed by atoms with Gasteiger partial charge in [-0.2, -0.15) is 11.8 Å². The molecule has 0 aromatic heterocycles. The van der Waals surface area contributed by atoms with E-state index in [0.717, 1.165) is 5.75 Å². The van der Waals surface area contributed by atoms with Crippen molar-refractivity contribution < 1.29 is 70.9 Å². The number of hydrogen-bond donors (Lipinski definition) is 4. The second-order valence-corrected chi connectivity index (χ2v) is 18.8. The third-order valence-electron chi connectivity index (χ3n) is 8.10. The van der Waals surface area contributed by atoms with E-state index in [-0.39, 0.29) is 70.4 Å². The minimum absolute atomic E-state index is 0. The zero-order valence-corrected chi connectivity index (χ0v) is 37.4. The van der Waals surface area contributed by atoms with Crippen molar-refractivity contribution in [2.75, 3.05) is 43.5 Å². The Balaban J connectivity index is 0.000000380. The van der Waals surface area contributed by atoms with Crippen LogP contribution in [-0.4, -0.2) is 90.8 Å². The highest BCUT2D eigenvalue weighted by Crippen LogP contribution is 2.34. The van der Waals surface area contributed by atoms with Gasteiger partial charge in [0.05, 0.1) is 37.8 Å². The number of alkyl carbamates (subject to hydrolysis) is 2. The summed E-state index contributed by atoms with van der Waals surface area (Å²) in [6.07, 6.45) is 6.86. The summed E-state index contributed by atoms with van der Waals surface area (Å²) in [5.41, 5.74) is -0.0824. The first-order valence-electron chi connectivity index (χ1n) is 18.2. The molecule has 0 unspecified atom stereocenters. The Morgan fingerprint density at radius 2 is 1.18 bits per heavy atom. The van der Waals surface area contributed by atoms with E-state index in [2.05, 4.69) is 33.8 Å². The summed E-state index contributed by atoms with van der Waals surface area (Å²) in [5.74, 6) is 1.24. The van der Waals surface area contributed by atoms with Crippen LogP contribution in [-0.2, 0) is 30.0 Å². The maximum Gasteiger partial charge on any atom is 0.408 e. The van der Waals surface area contributed by atoms with Gasteiger partial charge in [-0.3, -0.25) is 9.59 Å². The average molecular weight is 939 g/mol. The summed E-state index contributed by atoms with van der Waals surface area (Å²) in [6.45, 7) is 11.4. The molecule has 0 saturated carbocycles. The molecule has 4 N–H and O–H groups in total. The normalized spacial score (nSPS) is 17.0. The van der Waals surface area contributed by atoms with Crippen molar-refractivity contribution >= 4 is 46.7 Å². The van der Waals surface area contributed by atoms with Crippen molar-refractivity contribution in [1.82, 2.24) is 21.3 Å². The van der Waals surface area contributed by atoms with E-state index in [0.29, 0.717) is 67.3 Å². The fourth-order valence-corrected chi connectivity index (χ4v) is 6.78. The molecule has 0 saturated heterocycles. The number of carbonyl (C=O) groups is 4. The van der Waals surface area contributed by atoms with Gasteiger partial charge < -0.3 is 64.2 Å². The van der Waals surface area contributed by atoms with Gasteiger partial charge in [-0.15, -0.1) is 0 Å². The van der Waals surface area contributed by atoms with Gasteiger partial charge in [0.25, 0.3) is 0 Å². The van der Waals surface area contributed by atoms with Crippen molar-refractivity contribution in [3.8, 4) is 11.5 Å². The second kappa shape index (κ2) is 22.7. The average Bonchev–Trinajstić information content (AvgIpc) is 3.07. The molecular formula is C39H57F2IN4O8S2. The molecule has 0 radical (unpaired) electrons. The summed E-state index contributed by atoms with van der Waals surface area (Å²) >= 11 is 1.58. The van der Waals surface area contributed by atoms with Gasteiger partial charge in [-0.25, -0.2) is 18.4 Å². The monoisotopic (exact) mass is 938 g/mol. The molecule has 2 aromatic carbocycles. The topological polar surface area (TPSA) is 153 Å². The van der Waals surface area contributed by atoms with E-state index in [9.17, 15) is 28.0 Å². The van der Waals surface area contributed by atoms with Gasteiger partial charge in [0.15, 0.2) is 0 Å². The molecule has 2 aromatic rings. The Kier molecular flexibility index (Phi) is 19.8. The van der Waals surface area contributed by atoms with E-state index in [1.165, 1.54) is 24.3 Å². The third-order valence-corrected chi connectivity index (χ3v) is 9.79. The van der Waals surface area contributed by atoms with Crippen molar-refractivity contribution in [2.45, 2.75) is 103 Å². The standard InChI is InChI=1S/C20H29FN2O4S.C19H27FN2O4S.HI/c1-20(2,3)27-19(25)23-16(9-11-28(4)5)18(24)22-15-8-10-26-17-7-6-13(21)12-14(15)17;1-19(2,3)26-18(24)22-15(8-10-27-4)17(23)21-14-7-9-25-16-6-5-12(20)11-13(14)16;/h6-7,12,15-16H,8-11H2,1-5H3,(H-,22,23,24,25);5-6,11,14-15H,7-10H2,1-4H3,(H,21,23)(H,22,24);1H/t15-,16+;14-,15+;/m11./s1. The highest BCUT2D eigenvalue weighted by molar-refractivity contribution is 7.98. The van der Waals surface area contributed by atoms with Crippen LogP contribution in [0.5, 0.6) is 11.5 Å². The number of fused-ring (bicyclic) bond motifs is 2. The molecular weight excluding hydrogens is 881 g/mol. The fourth-order valence-electron chi connectivity index (χ4n) is 5.60. The largest absolute Gasteiger partial charge is 1.00 e. The SMILES string of the molecule is CSCC[C@H](NC(=O)OC(C)(C)C)C(=O)N[C@@H]1CCOc2ccc(F)cc21.C[S+](C)CC[C@H](NC(=O)OC(C)(C)C)C(=O)N[C@@H]1CCOc2ccc(F)cc21.[I-]. The maximum atomic E-state index is 13.7. The molecule has 0 fully saturated rings. The van der Waals surface area contributed by atoms with Crippen LogP contribution in [0.15, 0.2) is 36.4 Å². The lowest BCUT2D eigenvalue weighted by molar-refractivity contribution is -0.124. The van der Waals surface area contributed by atoms with Crippen LogP contribution >= 0.6 is 11.8 Å². The molecule has 2 aliphatic heterocycles. The summed E-state index contributed by atoms with van der Waals surface area (Å²) in [6, 6.07) is 6.37. The third kappa shape index (κ3) is 17.1. The molecule has 314 valence electrons. The summed E-state index contributed by atoms with van der Waals surface area (Å²) in [4.78, 5) is 49.9. The van der Waals surface area contributed by atoms with Crippen LogP contribution < -0.4 is 54.7 Å². The number of thioether (sulfide) groups is 1. The smallest absolute Gasteiger partial charge is 0.408 e. The van der Waals surface area contributed by atoms with E-state index in [1.807, 2.05) is 6.26 Å². The first kappa shape index (κ1) is 49.0. The number of benzene rings is 2. The number of nitrogens with one attached hydrogen (secondary N) is 4. The maximum absolute atomic E-state index is 13.7. The number of hydrogen-bond acceptors (Lipinski definition) is 9. The number of carbonyl (C=O) groups excluding carboxylic acids is 4. The molecule has 0 spiro atoms. The Morgan fingerprint density at radius 1 is 0.768 bits per heavy atom. The fraction of sp³-hybridized carbons (Fsp3) is 0.590. The molecule has 12 nitrogen and oxygen atoms in total. The van der Waals surface area contributed by atoms with Crippen molar-refractivity contribution in [2.24, 2.45) is 0 Å². The molecule has 56 heavy (non-hydrogen) atoms. The summed E-state index contributed by atoms with van der Waals surface area (Å²) in [7, 11) is 0.126. The van der Waals surface area contributed by atoms with Crippen LogP contribution in [0.1, 0.15) is 90.4 Å². The highest BCUT2D eigenvalue weighted by atomic mass is 127. The molecule has 2 heterocycles. The first-order valence-corrected chi connectivity index (χ1v) is 21.8. The Labute approximate surface area is 353 Å². The molecule has 0 bridgehead atoms. The van der Waals surface area contributed by atoms with Crippen LogP contribution in [0.4, 0.5) is 18.4 Å². The van der Waals surface area contributed by atoms with E-state index >= 15 is 0 Å². The van der Waals surface area contributed by atoms with Gasteiger partial charge in [0.1, 0.15) is 52.2 Å². The van der Waals surface area contributed by atoms with Crippen molar-refractivity contribution in [3.05, 3.63) is 59.2 Å². The van der Waals surface area contributed by atoms with Gasteiger partial charge in [-0.05, 0) is 107 Å². The van der Waals surface area contributed by atoms with E-state index in [4.69, 9.17) is 18.9 Å². The number of ether oxygens (including phenoxy) is 4. The number of amides is 4. The summed E-state index contributed by atoms with van der Waals surface area (Å²) in [5, 5.41) is 11.2. The highest BCUT2D eigenvalue weighted by Gasteiger charge is 2.31.